The molecule has 0 aromatic heterocycles. The molecule has 0 atom stereocenters. The molecule has 0 radical (unpaired) electrons. The number of carbonyl (C=O) groups excluding carboxylic acids is 2. The Hall–Kier alpha value is -1.30. The van der Waals surface area contributed by atoms with E-state index in [1.54, 1.807) is 6.07 Å². The van der Waals surface area contributed by atoms with E-state index in [0.29, 0.717) is 23.6 Å². The van der Waals surface area contributed by atoms with E-state index in [0.717, 1.165) is 19.3 Å². The fourth-order valence-corrected chi connectivity index (χ4v) is 2.77. The highest BCUT2D eigenvalue weighted by molar-refractivity contribution is 6.42. The van der Waals surface area contributed by atoms with Crippen LogP contribution in [0.25, 0.3) is 0 Å². The quantitative estimate of drug-likeness (QED) is 0.737. The summed E-state index contributed by atoms with van der Waals surface area (Å²) in [4.78, 5) is 23.6. The normalized spacial score (nSPS) is 16.9. The Morgan fingerprint density at radius 2 is 1.77 bits per heavy atom. The largest absolute Gasteiger partial charge is 0.388 e. The van der Waals surface area contributed by atoms with Crippen LogP contribution in [0, 0.1) is 0 Å². The summed E-state index contributed by atoms with van der Waals surface area (Å²) < 4.78 is 0. The van der Waals surface area contributed by atoms with Crippen LogP contribution < -0.4 is 10.6 Å². The molecule has 0 spiro atoms. The van der Waals surface area contributed by atoms with Gasteiger partial charge in [-0.25, -0.2) is 0 Å². The predicted octanol–water partition coefficient (Wildman–Crippen LogP) is 2.74. The molecular weight excluding hydrogens is 327 g/mol. The van der Waals surface area contributed by atoms with Crippen LogP contribution in [0.3, 0.4) is 0 Å². The van der Waals surface area contributed by atoms with Crippen LogP contribution in [0.2, 0.25) is 10.0 Å². The van der Waals surface area contributed by atoms with Crippen LogP contribution in [0.1, 0.15) is 32.1 Å². The van der Waals surface area contributed by atoms with Gasteiger partial charge in [-0.05, 0) is 31.0 Å². The summed E-state index contributed by atoms with van der Waals surface area (Å²) in [7, 11) is 0. The Bertz CT molecular complexity index is 572. The van der Waals surface area contributed by atoms with E-state index < -0.39 is 17.4 Å². The summed E-state index contributed by atoms with van der Waals surface area (Å²) >= 11 is 11.6. The van der Waals surface area contributed by atoms with E-state index in [4.69, 9.17) is 23.2 Å². The van der Waals surface area contributed by atoms with Gasteiger partial charge in [-0.2, -0.15) is 0 Å². The minimum Gasteiger partial charge on any atom is -0.388 e. The molecule has 1 aromatic rings. The van der Waals surface area contributed by atoms with Gasteiger partial charge in [-0.15, -0.1) is 0 Å². The zero-order valence-corrected chi connectivity index (χ0v) is 13.5. The zero-order valence-electron chi connectivity index (χ0n) is 12.0. The van der Waals surface area contributed by atoms with Crippen LogP contribution in [0.4, 0.5) is 5.69 Å². The highest BCUT2D eigenvalue weighted by Crippen LogP contribution is 2.27. The van der Waals surface area contributed by atoms with Gasteiger partial charge in [0.05, 0.1) is 15.6 Å². The van der Waals surface area contributed by atoms with Crippen molar-refractivity contribution in [1.29, 1.82) is 0 Å². The van der Waals surface area contributed by atoms with Crippen LogP contribution in [-0.4, -0.2) is 29.1 Å². The van der Waals surface area contributed by atoms with Crippen molar-refractivity contribution >= 4 is 40.7 Å². The Morgan fingerprint density at radius 1 is 1.09 bits per heavy atom. The van der Waals surface area contributed by atoms with E-state index in [1.165, 1.54) is 12.1 Å². The molecule has 2 rings (SSSR count). The van der Waals surface area contributed by atoms with Gasteiger partial charge < -0.3 is 15.7 Å². The first-order chi connectivity index (χ1) is 10.4. The van der Waals surface area contributed by atoms with Gasteiger partial charge in [-0.1, -0.05) is 42.5 Å². The standard InChI is InChI=1S/C15H18Cl2N2O3/c16-11-5-4-10(8-12(11)17)19-14(21)13(20)18-9-15(22)6-2-1-3-7-15/h4-5,8,22H,1-3,6-7,9H2,(H,18,20)(H,19,21). The van der Waals surface area contributed by atoms with Gasteiger partial charge in [0.25, 0.3) is 0 Å². The maximum Gasteiger partial charge on any atom is 0.313 e. The summed E-state index contributed by atoms with van der Waals surface area (Å²) in [5.41, 5.74) is -0.525. The zero-order chi connectivity index (χ0) is 16.2. The lowest BCUT2D eigenvalue weighted by Crippen LogP contribution is -2.47. The number of hydrogen-bond donors (Lipinski definition) is 3. The highest BCUT2D eigenvalue weighted by atomic mass is 35.5. The summed E-state index contributed by atoms with van der Waals surface area (Å²) in [5.74, 6) is -1.59. The fourth-order valence-electron chi connectivity index (χ4n) is 2.47. The lowest BCUT2D eigenvalue weighted by atomic mass is 9.85. The topological polar surface area (TPSA) is 78.4 Å². The third kappa shape index (κ3) is 4.60. The fraction of sp³-hybridized carbons (Fsp3) is 0.467. The molecule has 0 bridgehead atoms. The minimum absolute atomic E-state index is 0.0840. The highest BCUT2D eigenvalue weighted by Gasteiger charge is 2.30. The molecule has 1 aliphatic rings. The van der Waals surface area contributed by atoms with Crippen molar-refractivity contribution < 1.29 is 14.7 Å². The van der Waals surface area contributed by atoms with Crippen molar-refractivity contribution in [3.8, 4) is 0 Å². The van der Waals surface area contributed by atoms with E-state index in [1.807, 2.05) is 0 Å². The minimum atomic E-state index is -0.905. The summed E-state index contributed by atoms with van der Waals surface area (Å²) in [6, 6.07) is 4.54. The van der Waals surface area contributed by atoms with Crippen LogP contribution in [-0.2, 0) is 9.59 Å². The molecule has 1 saturated carbocycles. The first-order valence-electron chi connectivity index (χ1n) is 7.16. The van der Waals surface area contributed by atoms with Gasteiger partial charge in [0.15, 0.2) is 0 Å². The SMILES string of the molecule is O=C(NCC1(O)CCCCC1)C(=O)Nc1ccc(Cl)c(Cl)c1. The number of rotatable bonds is 3. The molecule has 0 unspecified atom stereocenters. The van der Waals surface area contributed by atoms with Gasteiger partial charge in [0.1, 0.15) is 0 Å². The lowest BCUT2D eigenvalue weighted by molar-refractivity contribution is -0.137. The molecule has 0 heterocycles. The van der Waals surface area contributed by atoms with E-state index in [-0.39, 0.29) is 11.6 Å². The molecule has 120 valence electrons. The number of hydrogen-bond acceptors (Lipinski definition) is 3. The molecule has 1 aliphatic carbocycles. The van der Waals surface area contributed by atoms with Crippen molar-refractivity contribution in [3.05, 3.63) is 28.2 Å². The van der Waals surface area contributed by atoms with Crippen LogP contribution in [0.15, 0.2) is 18.2 Å². The van der Waals surface area contributed by atoms with Crippen molar-refractivity contribution in [2.45, 2.75) is 37.7 Å². The van der Waals surface area contributed by atoms with Crippen LogP contribution >= 0.6 is 23.2 Å². The monoisotopic (exact) mass is 344 g/mol. The van der Waals surface area contributed by atoms with Gasteiger partial charge in [-0.3, -0.25) is 9.59 Å². The number of nitrogens with one attached hydrogen (secondary N) is 2. The second-order valence-electron chi connectivity index (χ2n) is 5.55. The first-order valence-corrected chi connectivity index (χ1v) is 7.92. The van der Waals surface area contributed by atoms with Gasteiger partial charge in [0.2, 0.25) is 0 Å². The second-order valence-corrected chi connectivity index (χ2v) is 6.37. The first kappa shape index (κ1) is 17.1. The Balaban J connectivity index is 1.86. The van der Waals surface area contributed by atoms with Crippen molar-refractivity contribution in [2.75, 3.05) is 11.9 Å². The summed E-state index contributed by atoms with van der Waals surface area (Å²) in [6.07, 6.45) is 4.24. The molecule has 7 heteroatoms. The average Bonchev–Trinajstić information content (AvgIpc) is 2.49. The Kier molecular flexibility index (Phi) is 5.67. The third-order valence-corrected chi connectivity index (χ3v) is 4.48. The second kappa shape index (κ2) is 7.31. The van der Waals surface area contributed by atoms with E-state index in [2.05, 4.69) is 10.6 Å². The molecule has 22 heavy (non-hydrogen) atoms. The smallest absolute Gasteiger partial charge is 0.313 e. The maximum atomic E-state index is 11.8. The number of carbonyl (C=O) groups is 2. The number of anilines is 1. The molecule has 5 nitrogen and oxygen atoms in total. The number of benzene rings is 1. The van der Waals surface area contributed by atoms with Gasteiger partial charge in [0, 0.05) is 12.2 Å². The van der Waals surface area contributed by atoms with Crippen molar-refractivity contribution in [3.63, 3.8) is 0 Å². The molecule has 0 saturated heterocycles. The van der Waals surface area contributed by atoms with E-state index >= 15 is 0 Å². The average molecular weight is 345 g/mol. The number of amides is 2. The Labute approximate surface area is 139 Å². The number of aliphatic hydroxyl groups is 1. The maximum absolute atomic E-state index is 11.8. The van der Waals surface area contributed by atoms with Crippen molar-refractivity contribution in [2.24, 2.45) is 0 Å². The summed E-state index contributed by atoms with van der Waals surface area (Å²) in [5, 5.41) is 15.8. The third-order valence-electron chi connectivity index (χ3n) is 3.75. The Morgan fingerprint density at radius 3 is 2.41 bits per heavy atom. The van der Waals surface area contributed by atoms with E-state index in [9.17, 15) is 14.7 Å². The summed E-state index contributed by atoms with van der Waals surface area (Å²) in [6.45, 7) is 0.0840. The molecular formula is C15H18Cl2N2O3. The van der Waals surface area contributed by atoms with Crippen LogP contribution in [0.5, 0.6) is 0 Å². The van der Waals surface area contributed by atoms with Gasteiger partial charge >= 0.3 is 11.8 Å². The predicted molar refractivity (Wildman–Crippen MR) is 86.1 cm³/mol. The van der Waals surface area contributed by atoms with Crippen molar-refractivity contribution in [1.82, 2.24) is 5.32 Å². The lowest BCUT2D eigenvalue weighted by Gasteiger charge is -2.31. The molecule has 1 fully saturated rings. The molecule has 0 aliphatic heterocycles. The number of halogens is 2. The molecule has 1 aromatic carbocycles. The molecule has 3 N–H and O–H groups in total. The molecule has 2 amide bonds.